The van der Waals surface area contributed by atoms with Gasteiger partial charge in [0, 0.05) is 28.2 Å². The molecule has 0 fully saturated rings. The van der Waals surface area contributed by atoms with Crippen molar-refractivity contribution >= 4 is 34.0 Å². The van der Waals surface area contributed by atoms with Gasteiger partial charge in [0.2, 0.25) is 0 Å². The number of anilines is 1. The number of aromatic amines is 1. The van der Waals surface area contributed by atoms with Gasteiger partial charge in [0.1, 0.15) is 0 Å². The number of halogens is 1. The number of hydrogen-bond acceptors (Lipinski definition) is 3. The number of nitrogen functional groups attached to an aromatic ring is 1. The van der Waals surface area contributed by atoms with E-state index in [9.17, 15) is 4.79 Å². The molecule has 3 N–H and O–H groups in total. The first-order chi connectivity index (χ1) is 10.1. The van der Waals surface area contributed by atoms with Crippen LogP contribution in [-0.2, 0) is 0 Å². The second kappa shape index (κ2) is 4.97. The number of rotatable bonds is 2. The van der Waals surface area contributed by atoms with Gasteiger partial charge in [-0.2, -0.15) is 5.26 Å². The smallest absolute Gasteiger partial charge is 0.197 e. The minimum absolute atomic E-state index is 0.203. The SMILES string of the molecule is N#Cc1ccc2c(C(=O)c3cccc(Cl)c3N)c[nH]c2c1. The van der Waals surface area contributed by atoms with E-state index in [1.165, 1.54) is 0 Å². The monoisotopic (exact) mass is 295 g/mol. The summed E-state index contributed by atoms with van der Waals surface area (Å²) < 4.78 is 0. The molecule has 21 heavy (non-hydrogen) atoms. The number of benzene rings is 2. The van der Waals surface area contributed by atoms with Crippen LogP contribution in [0, 0.1) is 11.3 Å². The van der Waals surface area contributed by atoms with E-state index in [4.69, 9.17) is 22.6 Å². The highest BCUT2D eigenvalue weighted by molar-refractivity contribution is 6.34. The lowest BCUT2D eigenvalue weighted by atomic mass is 10.0. The van der Waals surface area contributed by atoms with Crippen molar-refractivity contribution in [1.29, 1.82) is 5.26 Å². The van der Waals surface area contributed by atoms with E-state index < -0.39 is 0 Å². The molecule has 0 unspecified atom stereocenters. The summed E-state index contributed by atoms with van der Waals surface area (Å²) in [6.07, 6.45) is 1.62. The lowest BCUT2D eigenvalue weighted by Crippen LogP contribution is -2.05. The highest BCUT2D eigenvalue weighted by atomic mass is 35.5. The van der Waals surface area contributed by atoms with Crippen LogP contribution in [0.1, 0.15) is 21.5 Å². The zero-order valence-corrected chi connectivity index (χ0v) is 11.6. The number of H-pyrrole nitrogens is 1. The predicted octanol–water partition coefficient (Wildman–Crippen LogP) is 3.51. The number of aromatic nitrogens is 1. The fourth-order valence-corrected chi connectivity index (χ4v) is 2.44. The molecule has 1 aromatic heterocycles. The van der Waals surface area contributed by atoms with Gasteiger partial charge in [0.15, 0.2) is 5.78 Å². The van der Waals surface area contributed by atoms with Gasteiger partial charge in [0.05, 0.1) is 22.3 Å². The number of nitrogens with two attached hydrogens (primary N) is 1. The molecule has 0 saturated carbocycles. The first-order valence-corrected chi connectivity index (χ1v) is 6.59. The molecule has 0 bridgehead atoms. The van der Waals surface area contributed by atoms with Crippen LogP contribution in [0.3, 0.4) is 0 Å². The summed E-state index contributed by atoms with van der Waals surface area (Å²) in [6.45, 7) is 0. The highest BCUT2D eigenvalue weighted by Gasteiger charge is 2.17. The summed E-state index contributed by atoms with van der Waals surface area (Å²) in [5, 5.41) is 10.00. The van der Waals surface area contributed by atoms with Crippen molar-refractivity contribution in [3.63, 3.8) is 0 Å². The normalized spacial score (nSPS) is 10.5. The molecule has 0 aliphatic rings. The Kier molecular flexibility index (Phi) is 3.13. The molecule has 0 radical (unpaired) electrons. The molecule has 102 valence electrons. The van der Waals surface area contributed by atoms with Crippen molar-refractivity contribution in [1.82, 2.24) is 4.98 Å². The number of ketones is 1. The number of hydrogen-bond donors (Lipinski definition) is 2. The maximum atomic E-state index is 12.6. The maximum absolute atomic E-state index is 12.6. The van der Waals surface area contributed by atoms with Crippen molar-refractivity contribution in [2.24, 2.45) is 0 Å². The van der Waals surface area contributed by atoms with Gasteiger partial charge in [-0.1, -0.05) is 23.7 Å². The molecule has 0 aliphatic carbocycles. The topological polar surface area (TPSA) is 82.7 Å². The Balaban J connectivity index is 2.15. The molecular formula is C16H10ClN3O. The van der Waals surface area contributed by atoms with Gasteiger partial charge in [-0.25, -0.2) is 0 Å². The maximum Gasteiger partial charge on any atom is 0.197 e. The van der Waals surface area contributed by atoms with E-state index in [-0.39, 0.29) is 11.5 Å². The number of fused-ring (bicyclic) bond motifs is 1. The Morgan fingerprint density at radius 3 is 2.81 bits per heavy atom. The Morgan fingerprint density at radius 2 is 2.05 bits per heavy atom. The Labute approximate surface area is 125 Å². The zero-order chi connectivity index (χ0) is 15.0. The van der Waals surface area contributed by atoms with Gasteiger partial charge in [-0.15, -0.1) is 0 Å². The highest BCUT2D eigenvalue weighted by Crippen LogP contribution is 2.27. The number of carbonyl (C=O) groups is 1. The molecule has 0 spiro atoms. The molecular weight excluding hydrogens is 286 g/mol. The van der Waals surface area contributed by atoms with Crippen LogP contribution in [-0.4, -0.2) is 10.8 Å². The lowest BCUT2D eigenvalue weighted by Gasteiger charge is -2.05. The first kappa shape index (κ1) is 13.2. The van der Waals surface area contributed by atoms with Crippen molar-refractivity contribution in [3.8, 4) is 6.07 Å². The van der Waals surface area contributed by atoms with Gasteiger partial charge in [-0.3, -0.25) is 4.79 Å². The van der Waals surface area contributed by atoms with E-state index in [1.54, 1.807) is 42.6 Å². The van der Waals surface area contributed by atoms with Gasteiger partial charge >= 0.3 is 0 Å². The molecule has 0 aliphatic heterocycles. The predicted molar refractivity (Wildman–Crippen MR) is 82.3 cm³/mol. The number of carbonyl (C=O) groups excluding carboxylic acids is 1. The molecule has 0 atom stereocenters. The minimum atomic E-state index is -0.203. The molecule has 3 aromatic rings. The van der Waals surface area contributed by atoms with Crippen LogP contribution >= 0.6 is 11.6 Å². The third-order valence-corrected chi connectivity index (χ3v) is 3.68. The van der Waals surface area contributed by atoms with E-state index in [2.05, 4.69) is 11.1 Å². The second-order valence-electron chi connectivity index (χ2n) is 4.60. The Hall–Kier alpha value is -2.77. The summed E-state index contributed by atoms with van der Waals surface area (Å²) in [7, 11) is 0. The second-order valence-corrected chi connectivity index (χ2v) is 5.01. The van der Waals surface area contributed by atoms with Crippen LogP contribution in [0.15, 0.2) is 42.6 Å². The lowest BCUT2D eigenvalue weighted by molar-refractivity contribution is 0.104. The number of nitrogens with one attached hydrogen (secondary N) is 1. The van der Waals surface area contributed by atoms with Gasteiger partial charge < -0.3 is 10.7 Å². The average Bonchev–Trinajstić information content (AvgIpc) is 2.92. The zero-order valence-electron chi connectivity index (χ0n) is 10.9. The average molecular weight is 296 g/mol. The van der Waals surface area contributed by atoms with Crippen LogP contribution in [0.2, 0.25) is 5.02 Å². The van der Waals surface area contributed by atoms with Crippen molar-refractivity contribution < 1.29 is 4.79 Å². The van der Waals surface area contributed by atoms with Gasteiger partial charge in [-0.05, 0) is 24.3 Å². The first-order valence-electron chi connectivity index (χ1n) is 6.21. The summed E-state index contributed by atoms with van der Waals surface area (Å²) in [5.41, 5.74) is 8.28. The summed E-state index contributed by atoms with van der Waals surface area (Å²) in [5.74, 6) is -0.203. The van der Waals surface area contributed by atoms with Crippen LogP contribution in [0.4, 0.5) is 5.69 Å². The molecule has 2 aromatic carbocycles. The number of nitrogens with zero attached hydrogens (tertiary/aromatic N) is 1. The van der Waals surface area contributed by atoms with E-state index in [0.717, 1.165) is 10.9 Å². The number of nitriles is 1. The van der Waals surface area contributed by atoms with Crippen LogP contribution < -0.4 is 5.73 Å². The molecule has 0 amide bonds. The van der Waals surface area contributed by atoms with Gasteiger partial charge in [0.25, 0.3) is 0 Å². The third-order valence-electron chi connectivity index (χ3n) is 3.35. The molecule has 1 heterocycles. The Morgan fingerprint density at radius 1 is 1.24 bits per heavy atom. The van der Waals surface area contributed by atoms with Crippen LogP contribution in [0.25, 0.3) is 10.9 Å². The van der Waals surface area contributed by atoms with Crippen molar-refractivity contribution in [2.45, 2.75) is 0 Å². The van der Waals surface area contributed by atoms with E-state index >= 15 is 0 Å². The third kappa shape index (κ3) is 2.14. The number of para-hydroxylation sites is 1. The minimum Gasteiger partial charge on any atom is -0.397 e. The standard InChI is InChI=1S/C16H10ClN3O/c17-13-3-1-2-11(15(13)19)16(21)12-8-20-14-6-9(7-18)4-5-10(12)14/h1-6,8,20H,19H2. The fourth-order valence-electron chi connectivity index (χ4n) is 2.26. The summed E-state index contributed by atoms with van der Waals surface area (Å²) in [6, 6.07) is 12.2. The summed E-state index contributed by atoms with van der Waals surface area (Å²) >= 11 is 5.96. The van der Waals surface area contributed by atoms with E-state index in [1.807, 2.05) is 0 Å². The quantitative estimate of drug-likeness (QED) is 0.560. The largest absolute Gasteiger partial charge is 0.397 e. The molecule has 4 nitrogen and oxygen atoms in total. The van der Waals surface area contributed by atoms with E-state index in [0.29, 0.717) is 21.7 Å². The van der Waals surface area contributed by atoms with Crippen molar-refractivity contribution in [2.75, 3.05) is 5.73 Å². The van der Waals surface area contributed by atoms with Crippen molar-refractivity contribution in [3.05, 3.63) is 64.3 Å². The fraction of sp³-hybridized carbons (Fsp3) is 0. The molecule has 0 saturated heterocycles. The molecule has 3 rings (SSSR count). The van der Waals surface area contributed by atoms with Crippen LogP contribution in [0.5, 0.6) is 0 Å². The molecule has 5 heteroatoms. The summed E-state index contributed by atoms with van der Waals surface area (Å²) in [4.78, 5) is 15.6. The Bertz CT molecular complexity index is 906.